The van der Waals surface area contributed by atoms with Gasteiger partial charge in [0.25, 0.3) is 5.56 Å². The second-order valence-electron chi connectivity index (χ2n) is 7.42. The summed E-state index contributed by atoms with van der Waals surface area (Å²) in [6, 6.07) is 11.9. The van der Waals surface area contributed by atoms with E-state index in [2.05, 4.69) is 11.1 Å². The number of aromatic nitrogens is 2. The number of fused-ring (bicyclic) bond motifs is 1. The first-order valence-corrected chi connectivity index (χ1v) is 9.78. The van der Waals surface area contributed by atoms with E-state index in [0.717, 1.165) is 12.8 Å². The molecule has 1 aromatic heterocycles. The molecule has 2 heterocycles. The summed E-state index contributed by atoms with van der Waals surface area (Å²) in [7, 11) is 1.35. The Labute approximate surface area is 173 Å². The van der Waals surface area contributed by atoms with Crippen molar-refractivity contribution in [2.24, 2.45) is 5.73 Å². The van der Waals surface area contributed by atoms with Gasteiger partial charge >= 0.3 is 0 Å². The number of hydrogen-bond donors (Lipinski definition) is 1. The fourth-order valence-electron chi connectivity index (χ4n) is 3.88. The van der Waals surface area contributed by atoms with Gasteiger partial charge in [-0.05, 0) is 30.5 Å². The smallest absolute Gasteiger partial charge is 0.263 e. The van der Waals surface area contributed by atoms with Crippen molar-refractivity contribution in [2.45, 2.75) is 25.4 Å². The molecule has 1 aliphatic rings. The Morgan fingerprint density at radius 1 is 1.37 bits per heavy atom. The molecule has 2 N–H and O–H groups in total. The predicted octanol–water partition coefficient (Wildman–Crippen LogP) is 2.39. The van der Waals surface area contributed by atoms with Crippen molar-refractivity contribution < 1.29 is 9.13 Å². The van der Waals surface area contributed by atoms with Crippen molar-refractivity contribution in [2.75, 3.05) is 25.1 Å². The minimum Gasteiger partial charge on any atom is -0.494 e. The number of halogens is 1. The van der Waals surface area contributed by atoms with Crippen LogP contribution in [0.25, 0.3) is 10.9 Å². The third-order valence-electron chi connectivity index (χ3n) is 5.41. The van der Waals surface area contributed by atoms with Crippen LogP contribution >= 0.6 is 0 Å². The molecule has 0 aliphatic carbocycles. The molecule has 154 valence electrons. The van der Waals surface area contributed by atoms with Crippen molar-refractivity contribution in [3.63, 3.8) is 0 Å². The maximum atomic E-state index is 14.3. The molecule has 0 unspecified atom stereocenters. The van der Waals surface area contributed by atoms with Crippen molar-refractivity contribution in [3.05, 3.63) is 63.7 Å². The Bertz CT molecular complexity index is 1200. The molecule has 0 radical (unpaired) electrons. The van der Waals surface area contributed by atoms with Gasteiger partial charge in [-0.1, -0.05) is 18.2 Å². The SMILES string of the molecule is COc1cc2c(=O)n(Cc3ccccc3C#N)c(N3CCC[C@@H](N)C3)nc2cc1F. The highest BCUT2D eigenvalue weighted by molar-refractivity contribution is 5.80. The number of ether oxygens (including phenoxy) is 1. The summed E-state index contributed by atoms with van der Waals surface area (Å²) < 4.78 is 20.9. The van der Waals surface area contributed by atoms with Crippen LogP contribution in [-0.4, -0.2) is 35.8 Å². The van der Waals surface area contributed by atoms with Gasteiger partial charge in [0.2, 0.25) is 5.95 Å². The molecular formula is C22H22FN5O2. The van der Waals surface area contributed by atoms with Crippen LogP contribution in [0.4, 0.5) is 10.3 Å². The van der Waals surface area contributed by atoms with Crippen LogP contribution in [0.1, 0.15) is 24.0 Å². The zero-order valence-electron chi connectivity index (χ0n) is 16.6. The van der Waals surface area contributed by atoms with E-state index in [4.69, 9.17) is 10.5 Å². The molecule has 1 fully saturated rings. The zero-order valence-corrected chi connectivity index (χ0v) is 16.6. The third kappa shape index (κ3) is 3.60. The van der Waals surface area contributed by atoms with E-state index in [0.29, 0.717) is 30.2 Å². The highest BCUT2D eigenvalue weighted by atomic mass is 19.1. The summed E-state index contributed by atoms with van der Waals surface area (Å²) in [5, 5.41) is 9.71. The predicted molar refractivity (Wildman–Crippen MR) is 112 cm³/mol. The molecular weight excluding hydrogens is 385 g/mol. The van der Waals surface area contributed by atoms with Crippen LogP contribution in [0.15, 0.2) is 41.2 Å². The lowest BCUT2D eigenvalue weighted by Gasteiger charge is -2.33. The van der Waals surface area contributed by atoms with Gasteiger partial charge in [-0.2, -0.15) is 5.26 Å². The first kappa shape index (κ1) is 19.9. The van der Waals surface area contributed by atoms with Gasteiger partial charge in [-0.25, -0.2) is 9.37 Å². The van der Waals surface area contributed by atoms with Crippen LogP contribution in [-0.2, 0) is 6.54 Å². The number of nitrogens with two attached hydrogens (primary N) is 1. The highest BCUT2D eigenvalue weighted by Crippen LogP contribution is 2.25. The van der Waals surface area contributed by atoms with Gasteiger partial charge < -0.3 is 15.4 Å². The standard InChI is InChI=1S/C22H22FN5O2/c1-30-20-9-17-19(10-18(20)23)26-22(27-8-4-7-16(25)13-27)28(21(17)29)12-15-6-3-2-5-14(15)11-24/h2-3,5-6,9-10,16H,4,7-8,12-13,25H2,1H3/t16-/m1/s1. The van der Waals surface area contributed by atoms with Gasteiger partial charge in [0.05, 0.1) is 36.2 Å². The van der Waals surface area contributed by atoms with E-state index in [9.17, 15) is 14.4 Å². The number of piperidine rings is 1. The molecule has 0 amide bonds. The largest absolute Gasteiger partial charge is 0.494 e. The molecule has 1 atom stereocenters. The first-order valence-electron chi connectivity index (χ1n) is 9.78. The average Bonchev–Trinajstić information content (AvgIpc) is 2.75. The molecule has 4 rings (SSSR count). The molecule has 0 saturated carbocycles. The number of anilines is 1. The monoisotopic (exact) mass is 407 g/mol. The lowest BCUT2D eigenvalue weighted by molar-refractivity contribution is 0.387. The quantitative estimate of drug-likeness (QED) is 0.713. The van der Waals surface area contributed by atoms with Crippen LogP contribution in [0.2, 0.25) is 0 Å². The van der Waals surface area contributed by atoms with Crippen molar-refractivity contribution >= 4 is 16.9 Å². The maximum absolute atomic E-state index is 14.3. The molecule has 0 bridgehead atoms. The highest BCUT2D eigenvalue weighted by Gasteiger charge is 2.23. The number of benzene rings is 2. The fourth-order valence-corrected chi connectivity index (χ4v) is 3.88. The zero-order chi connectivity index (χ0) is 21.3. The fraction of sp³-hybridized carbons (Fsp3) is 0.318. The molecule has 8 heteroatoms. The maximum Gasteiger partial charge on any atom is 0.263 e. The van der Waals surface area contributed by atoms with Crippen molar-refractivity contribution in [1.29, 1.82) is 5.26 Å². The van der Waals surface area contributed by atoms with Crippen LogP contribution in [0.5, 0.6) is 5.75 Å². The summed E-state index contributed by atoms with van der Waals surface area (Å²) in [5.41, 5.74) is 7.29. The lowest BCUT2D eigenvalue weighted by Crippen LogP contribution is -2.45. The molecule has 1 aliphatic heterocycles. The third-order valence-corrected chi connectivity index (χ3v) is 5.41. The normalized spacial score (nSPS) is 16.5. The molecule has 3 aromatic rings. The molecule has 2 aromatic carbocycles. The number of methoxy groups -OCH3 is 1. The Balaban J connectivity index is 1.93. The molecule has 0 spiro atoms. The van der Waals surface area contributed by atoms with E-state index in [1.54, 1.807) is 12.1 Å². The van der Waals surface area contributed by atoms with Gasteiger partial charge in [-0.3, -0.25) is 9.36 Å². The van der Waals surface area contributed by atoms with E-state index < -0.39 is 5.82 Å². The van der Waals surface area contributed by atoms with E-state index in [-0.39, 0.29) is 34.8 Å². The lowest BCUT2D eigenvalue weighted by atomic mass is 10.1. The summed E-state index contributed by atoms with van der Waals surface area (Å²) in [4.78, 5) is 20.1. The van der Waals surface area contributed by atoms with Gasteiger partial charge in [0.1, 0.15) is 0 Å². The minimum absolute atomic E-state index is 0.0156. The Kier molecular flexibility index (Phi) is 5.38. The summed E-state index contributed by atoms with van der Waals surface area (Å²) in [6.07, 6.45) is 1.78. The Morgan fingerprint density at radius 3 is 2.90 bits per heavy atom. The van der Waals surface area contributed by atoms with Gasteiger partial charge in [0, 0.05) is 25.2 Å². The summed E-state index contributed by atoms with van der Waals surface area (Å²) in [5.74, 6) is -0.163. The molecule has 7 nitrogen and oxygen atoms in total. The topological polar surface area (TPSA) is 97.2 Å². The Morgan fingerprint density at radius 2 is 2.17 bits per heavy atom. The second kappa shape index (κ2) is 8.13. The number of hydrogen-bond acceptors (Lipinski definition) is 6. The number of rotatable bonds is 4. The van der Waals surface area contributed by atoms with E-state index in [1.807, 2.05) is 17.0 Å². The van der Waals surface area contributed by atoms with E-state index >= 15 is 0 Å². The van der Waals surface area contributed by atoms with Gasteiger partial charge in [-0.15, -0.1) is 0 Å². The summed E-state index contributed by atoms with van der Waals surface area (Å²) in [6.45, 7) is 1.42. The van der Waals surface area contributed by atoms with Crippen molar-refractivity contribution in [3.8, 4) is 11.8 Å². The van der Waals surface area contributed by atoms with Gasteiger partial charge in [0.15, 0.2) is 11.6 Å². The minimum atomic E-state index is -0.578. The van der Waals surface area contributed by atoms with E-state index in [1.165, 1.54) is 23.8 Å². The molecule has 1 saturated heterocycles. The number of nitriles is 1. The number of nitrogens with zero attached hydrogens (tertiary/aromatic N) is 4. The molecule has 30 heavy (non-hydrogen) atoms. The second-order valence-corrected chi connectivity index (χ2v) is 7.42. The van der Waals surface area contributed by atoms with Crippen LogP contribution in [0.3, 0.4) is 0 Å². The van der Waals surface area contributed by atoms with Crippen molar-refractivity contribution in [1.82, 2.24) is 9.55 Å². The summed E-state index contributed by atoms with van der Waals surface area (Å²) >= 11 is 0. The van der Waals surface area contributed by atoms with Crippen LogP contribution < -0.4 is 20.9 Å². The van der Waals surface area contributed by atoms with Crippen LogP contribution in [0, 0.1) is 17.1 Å². The Hall–Kier alpha value is -3.44. The first-order chi connectivity index (χ1) is 14.5. The average molecular weight is 407 g/mol.